The van der Waals surface area contributed by atoms with Crippen molar-refractivity contribution in [3.8, 4) is 16.9 Å². The zero-order chi connectivity index (χ0) is 20.4. The molecule has 1 amide bonds. The largest absolute Gasteiger partial charge is 0.349 e. The number of carbonyl (C=O) groups is 1. The summed E-state index contributed by atoms with van der Waals surface area (Å²) in [5.41, 5.74) is 3.25. The lowest BCUT2D eigenvalue weighted by Crippen LogP contribution is -2.31. The van der Waals surface area contributed by atoms with Crippen LogP contribution in [-0.2, 0) is 0 Å². The molecule has 0 saturated heterocycles. The van der Waals surface area contributed by atoms with E-state index in [0.717, 1.165) is 29.0 Å². The molecule has 4 rings (SSSR count). The van der Waals surface area contributed by atoms with Gasteiger partial charge in [0, 0.05) is 31.0 Å². The molecule has 6 nitrogen and oxygen atoms in total. The van der Waals surface area contributed by atoms with Crippen LogP contribution in [0, 0.1) is 5.82 Å². The molecule has 0 saturated carbocycles. The van der Waals surface area contributed by atoms with Gasteiger partial charge in [-0.25, -0.2) is 9.07 Å². The topological polar surface area (TPSA) is 54.6 Å². The molecule has 29 heavy (non-hydrogen) atoms. The van der Waals surface area contributed by atoms with Gasteiger partial charge in [0.2, 0.25) is 0 Å². The van der Waals surface area contributed by atoms with E-state index in [2.05, 4.69) is 10.4 Å². The number of hydrogen-bond donors (Lipinski definition) is 1. The summed E-state index contributed by atoms with van der Waals surface area (Å²) < 4.78 is 16.9. The highest BCUT2D eigenvalue weighted by atomic mass is 19.1. The number of benzene rings is 1. The molecule has 0 unspecified atom stereocenters. The smallest absolute Gasteiger partial charge is 0.271 e. The maximum absolute atomic E-state index is 13.2. The lowest BCUT2D eigenvalue weighted by atomic mass is 10.1. The van der Waals surface area contributed by atoms with E-state index in [0.29, 0.717) is 12.2 Å². The summed E-state index contributed by atoms with van der Waals surface area (Å²) in [5, 5.41) is 7.30. The van der Waals surface area contributed by atoms with E-state index in [1.54, 1.807) is 29.1 Å². The molecule has 0 aliphatic rings. The van der Waals surface area contributed by atoms with Gasteiger partial charge in [-0.1, -0.05) is 18.2 Å². The number of nitrogens with one attached hydrogen (secondary N) is 1. The standard InChI is InChI=1S/C22H22FN5O/c1-26(2)14-12-24-22(29)20-11-13-28(25-20)21-10-9-19-8-5-17(15-27(19)21)16-3-6-18(23)7-4-16/h3-11,13,15H,12,14H2,1-2H3,(H,24,29). The van der Waals surface area contributed by atoms with Crippen molar-refractivity contribution in [1.29, 1.82) is 0 Å². The second kappa shape index (κ2) is 7.89. The van der Waals surface area contributed by atoms with Crippen LogP contribution in [0.2, 0.25) is 0 Å². The van der Waals surface area contributed by atoms with Gasteiger partial charge in [0.1, 0.15) is 11.6 Å². The molecular formula is C22H22FN5O. The van der Waals surface area contributed by atoms with Crippen molar-refractivity contribution in [2.45, 2.75) is 0 Å². The van der Waals surface area contributed by atoms with E-state index in [1.165, 1.54) is 12.1 Å². The number of carbonyl (C=O) groups excluding carboxylic acids is 1. The molecule has 1 aromatic carbocycles. The maximum Gasteiger partial charge on any atom is 0.271 e. The van der Waals surface area contributed by atoms with Crippen LogP contribution in [0.1, 0.15) is 10.5 Å². The third-order valence-electron chi connectivity index (χ3n) is 4.71. The van der Waals surface area contributed by atoms with Crippen LogP contribution < -0.4 is 5.32 Å². The number of likely N-dealkylation sites (N-methyl/N-ethyl adjacent to an activating group) is 1. The first kappa shape index (κ1) is 18.9. The third-order valence-corrected chi connectivity index (χ3v) is 4.71. The van der Waals surface area contributed by atoms with Crippen LogP contribution in [0.5, 0.6) is 0 Å². The Balaban J connectivity index is 1.61. The molecule has 0 aliphatic carbocycles. The van der Waals surface area contributed by atoms with Gasteiger partial charge in [-0.05, 0) is 61.6 Å². The minimum atomic E-state index is -0.260. The van der Waals surface area contributed by atoms with E-state index in [1.807, 2.05) is 53.9 Å². The first-order valence-electron chi connectivity index (χ1n) is 9.37. The van der Waals surface area contributed by atoms with Crippen LogP contribution in [0.4, 0.5) is 4.39 Å². The highest BCUT2D eigenvalue weighted by Crippen LogP contribution is 2.23. The Morgan fingerprint density at radius 1 is 1.03 bits per heavy atom. The van der Waals surface area contributed by atoms with Crippen molar-refractivity contribution >= 4 is 11.4 Å². The van der Waals surface area contributed by atoms with Gasteiger partial charge in [0.05, 0.1) is 0 Å². The Bertz CT molecular complexity index is 1140. The molecule has 1 N–H and O–H groups in total. The molecule has 4 aromatic rings. The molecule has 3 aromatic heterocycles. The van der Waals surface area contributed by atoms with Crippen LogP contribution in [0.3, 0.4) is 0 Å². The van der Waals surface area contributed by atoms with Crippen molar-refractivity contribution in [2.24, 2.45) is 0 Å². The maximum atomic E-state index is 13.2. The Kier molecular flexibility index (Phi) is 5.14. The van der Waals surface area contributed by atoms with Crippen molar-refractivity contribution in [1.82, 2.24) is 24.4 Å². The molecule has 0 fully saturated rings. The monoisotopic (exact) mass is 391 g/mol. The van der Waals surface area contributed by atoms with Crippen LogP contribution in [0.15, 0.2) is 67.0 Å². The van der Waals surface area contributed by atoms with E-state index < -0.39 is 0 Å². The highest BCUT2D eigenvalue weighted by molar-refractivity contribution is 5.92. The SMILES string of the molecule is CN(C)CCNC(=O)c1ccn(-c2ccc3ccc(-c4ccc(F)cc4)cn23)n1. The van der Waals surface area contributed by atoms with Crippen LogP contribution >= 0.6 is 0 Å². The Morgan fingerprint density at radius 2 is 1.76 bits per heavy atom. The molecule has 0 aliphatic heterocycles. The van der Waals surface area contributed by atoms with Gasteiger partial charge < -0.3 is 14.6 Å². The molecule has 0 radical (unpaired) electrons. The molecule has 148 valence electrons. The molecule has 0 bridgehead atoms. The molecular weight excluding hydrogens is 369 g/mol. The lowest BCUT2D eigenvalue weighted by Gasteiger charge is -2.09. The summed E-state index contributed by atoms with van der Waals surface area (Å²) >= 11 is 0. The van der Waals surface area contributed by atoms with Crippen molar-refractivity contribution < 1.29 is 9.18 Å². The summed E-state index contributed by atoms with van der Waals surface area (Å²) in [7, 11) is 3.91. The Morgan fingerprint density at radius 3 is 2.52 bits per heavy atom. The second-order valence-electron chi connectivity index (χ2n) is 7.12. The fourth-order valence-electron chi connectivity index (χ4n) is 3.14. The van der Waals surface area contributed by atoms with Crippen LogP contribution in [-0.4, -0.2) is 52.2 Å². The average Bonchev–Trinajstić information content (AvgIpc) is 3.34. The zero-order valence-electron chi connectivity index (χ0n) is 16.3. The first-order chi connectivity index (χ1) is 14.0. The van der Waals surface area contributed by atoms with Crippen molar-refractivity contribution in [3.05, 3.63) is 78.5 Å². The predicted molar refractivity (Wildman–Crippen MR) is 111 cm³/mol. The summed E-state index contributed by atoms with van der Waals surface area (Å²) in [6.45, 7) is 1.33. The molecule has 7 heteroatoms. The van der Waals surface area contributed by atoms with Gasteiger partial charge in [-0.15, -0.1) is 0 Å². The van der Waals surface area contributed by atoms with Gasteiger partial charge in [0.25, 0.3) is 5.91 Å². The summed E-state index contributed by atoms with van der Waals surface area (Å²) in [5.74, 6) is 0.360. The fourth-order valence-corrected chi connectivity index (χ4v) is 3.14. The number of hydrogen-bond acceptors (Lipinski definition) is 3. The molecule has 0 spiro atoms. The van der Waals surface area contributed by atoms with Crippen molar-refractivity contribution in [2.75, 3.05) is 27.2 Å². The minimum absolute atomic E-state index is 0.196. The number of nitrogens with zero attached hydrogens (tertiary/aromatic N) is 4. The van der Waals surface area contributed by atoms with Crippen molar-refractivity contribution in [3.63, 3.8) is 0 Å². The Hall–Kier alpha value is -3.45. The summed E-state index contributed by atoms with van der Waals surface area (Å²) in [6, 6.07) is 16.0. The van der Waals surface area contributed by atoms with E-state index in [-0.39, 0.29) is 11.7 Å². The number of halogens is 1. The zero-order valence-corrected chi connectivity index (χ0v) is 16.3. The lowest BCUT2D eigenvalue weighted by molar-refractivity contribution is 0.0945. The highest BCUT2D eigenvalue weighted by Gasteiger charge is 2.12. The van der Waals surface area contributed by atoms with Crippen LogP contribution in [0.25, 0.3) is 22.5 Å². The number of pyridine rings is 1. The number of rotatable bonds is 6. The van der Waals surface area contributed by atoms with Gasteiger partial charge in [-0.2, -0.15) is 5.10 Å². The first-order valence-corrected chi connectivity index (χ1v) is 9.37. The quantitative estimate of drug-likeness (QED) is 0.549. The molecule has 0 atom stereocenters. The second-order valence-corrected chi connectivity index (χ2v) is 7.12. The third kappa shape index (κ3) is 4.05. The predicted octanol–water partition coefficient (Wildman–Crippen LogP) is 3.22. The minimum Gasteiger partial charge on any atom is -0.349 e. The molecule has 3 heterocycles. The van der Waals surface area contributed by atoms with E-state index in [4.69, 9.17) is 0 Å². The van der Waals surface area contributed by atoms with Gasteiger partial charge in [0.15, 0.2) is 5.69 Å². The normalized spacial score (nSPS) is 11.3. The fraction of sp³-hybridized carbons (Fsp3) is 0.182. The average molecular weight is 391 g/mol. The Labute approximate surface area is 168 Å². The number of amides is 1. The van der Waals surface area contributed by atoms with E-state index >= 15 is 0 Å². The van der Waals surface area contributed by atoms with Gasteiger partial charge >= 0.3 is 0 Å². The number of fused-ring (bicyclic) bond motifs is 1. The summed E-state index contributed by atoms with van der Waals surface area (Å²) in [4.78, 5) is 14.3. The van der Waals surface area contributed by atoms with E-state index in [9.17, 15) is 9.18 Å². The van der Waals surface area contributed by atoms with Gasteiger partial charge in [-0.3, -0.25) is 4.79 Å². The number of aromatic nitrogens is 3. The summed E-state index contributed by atoms with van der Waals surface area (Å²) in [6.07, 6.45) is 3.75.